The minimum absolute atomic E-state index is 0.00109. The normalized spacial score (nSPS) is 44.8. The Kier molecular flexibility index (Phi) is 13.7. The van der Waals surface area contributed by atoms with Gasteiger partial charge in [0.05, 0.1) is 60.9 Å². The van der Waals surface area contributed by atoms with E-state index in [1.807, 2.05) is 39.8 Å². The van der Waals surface area contributed by atoms with Gasteiger partial charge in [-0.1, -0.05) is 39.4 Å². The number of ether oxygens (including phenoxy) is 6. The maximum atomic E-state index is 13.7. The fourth-order valence-corrected chi connectivity index (χ4v) is 7.85. The van der Waals surface area contributed by atoms with Crippen LogP contribution in [-0.4, -0.2) is 125 Å². The summed E-state index contributed by atoms with van der Waals surface area (Å²) >= 11 is 0. The third-order valence-corrected chi connectivity index (χ3v) is 10.5. The van der Waals surface area contributed by atoms with Crippen LogP contribution in [0.25, 0.3) is 0 Å². The molecule has 3 aliphatic heterocycles. The number of hydrogen-bond acceptors (Lipinski definition) is 13. The Hall–Kier alpha value is -2.13. The molecule has 0 radical (unpaired) electrons. The van der Waals surface area contributed by atoms with Crippen molar-refractivity contribution < 1.29 is 53.4 Å². The summed E-state index contributed by atoms with van der Waals surface area (Å²) in [7, 11) is 3.79. The van der Waals surface area contributed by atoms with Crippen LogP contribution in [-0.2, 0) is 38.0 Å². The van der Waals surface area contributed by atoms with E-state index in [2.05, 4.69) is 11.7 Å². The highest BCUT2D eigenvalue weighted by molar-refractivity contribution is 5.88. The lowest BCUT2D eigenvalue weighted by molar-refractivity contribution is -0.304. The molecule has 48 heavy (non-hydrogen) atoms. The summed E-state index contributed by atoms with van der Waals surface area (Å²) in [4.78, 5) is 28.0. The van der Waals surface area contributed by atoms with Crippen molar-refractivity contribution in [2.24, 2.45) is 28.8 Å². The fraction of sp³-hybridized carbons (Fsp3) is 0.857. The van der Waals surface area contributed by atoms with Gasteiger partial charge in [0.25, 0.3) is 0 Å². The molecule has 3 heterocycles. The maximum Gasteiger partial charge on any atom is 0.311 e. The number of esters is 2. The lowest BCUT2D eigenvalue weighted by Gasteiger charge is -2.49. The number of fused-ring (bicyclic) bond motifs is 5. The molecule has 0 spiro atoms. The number of rotatable bonds is 5. The van der Waals surface area contributed by atoms with Crippen molar-refractivity contribution in [1.82, 2.24) is 4.90 Å². The first-order chi connectivity index (χ1) is 22.3. The highest BCUT2D eigenvalue weighted by Gasteiger charge is 2.53. The molecule has 276 valence electrons. The minimum atomic E-state index is -1.71. The van der Waals surface area contributed by atoms with E-state index < -0.39 is 83.6 Å². The number of likely N-dealkylation sites (N-methyl/N-ethyl adjacent to an activating group) is 1. The van der Waals surface area contributed by atoms with Crippen LogP contribution < -0.4 is 0 Å². The van der Waals surface area contributed by atoms with Crippen molar-refractivity contribution in [3.8, 4) is 0 Å². The third-order valence-electron chi connectivity index (χ3n) is 10.5. The number of aliphatic hydroxyl groups excluding tert-OH is 1. The molecule has 3 saturated heterocycles. The summed E-state index contributed by atoms with van der Waals surface area (Å²) in [6.07, 6.45) is -5.31. The highest BCUT2D eigenvalue weighted by atomic mass is 16.7. The van der Waals surface area contributed by atoms with Crippen LogP contribution in [0.1, 0.15) is 81.6 Å². The van der Waals surface area contributed by atoms with E-state index in [1.54, 1.807) is 34.6 Å². The van der Waals surface area contributed by atoms with Crippen molar-refractivity contribution in [1.29, 1.82) is 0 Å². The summed E-state index contributed by atoms with van der Waals surface area (Å²) in [5.74, 6) is -4.10. The Balaban J connectivity index is 2.26. The number of carbonyl (C=O) groups is 2. The summed E-state index contributed by atoms with van der Waals surface area (Å²) in [5, 5.41) is 38.0. The molecule has 3 rings (SSSR count). The van der Waals surface area contributed by atoms with Gasteiger partial charge in [-0.2, -0.15) is 0 Å². The molecule has 0 aliphatic carbocycles. The molecular weight excluding hydrogens is 624 g/mol. The second kappa shape index (κ2) is 16.3. The zero-order chi connectivity index (χ0) is 36.3. The predicted octanol–water partition coefficient (Wildman–Crippen LogP) is 3.31. The molecule has 0 aromatic rings. The highest BCUT2D eigenvalue weighted by Crippen LogP contribution is 2.41. The summed E-state index contributed by atoms with van der Waals surface area (Å²) in [6, 6.07) is -0.239. The number of oxime groups is 1. The zero-order valence-corrected chi connectivity index (χ0v) is 30.7. The molecule has 0 amide bonds. The van der Waals surface area contributed by atoms with E-state index in [1.165, 1.54) is 6.92 Å². The van der Waals surface area contributed by atoms with E-state index >= 15 is 0 Å². The van der Waals surface area contributed by atoms with Crippen molar-refractivity contribution in [3.63, 3.8) is 0 Å². The van der Waals surface area contributed by atoms with E-state index in [-0.39, 0.29) is 38.2 Å². The number of nitrogens with zero attached hydrogens (tertiary/aromatic N) is 2. The second-order valence-electron chi connectivity index (χ2n) is 14.9. The topological polar surface area (TPSA) is 166 Å². The Morgan fingerprint density at radius 2 is 1.77 bits per heavy atom. The van der Waals surface area contributed by atoms with Gasteiger partial charge in [-0.15, -0.1) is 0 Å². The van der Waals surface area contributed by atoms with Crippen LogP contribution in [0.2, 0.25) is 0 Å². The molecule has 2 bridgehead atoms. The molecule has 0 aromatic carbocycles. The average molecular weight is 685 g/mol. The van der Waals surface area contributed by atoms with Crippen molar-refractivity contribution in [3.05, 3.63) is 12.2 Å². The first kappa shape index (κ1) is 40.3. The van der Waals surface area contributed by atoms with Crippen LogP contribution in [0, 0.1) is 23.7 Å². The molecule has 3 fully saturated rings. The van der Waals surface area contributed by atoms with E-state index in [9.17, 15) is 25.0 Å². The fourth-order valence-electron chi connectivity index (χ4n) is 7.85. The van der Waals surface area contributed by atoms with Crippen LogP contribution >= 0.6 is 0 Å². The number of hydrogen-bond donors (Lipinski definition) is 3. The Bertz CT molecular complexity index is 1160. The molecule has 0 saturated carbocycles. The zero-order valence-electron chi connectivity index (χ0n) is 30.7. The summed E-state index contributed by atoms with van der Waals surface area (Å²) in [5.41, 5.74) is -2.03. The van der Waals surface area contributed by atoms with Gasteiger partial charge in [-0.25, -0.2) is 0 Å². The molecule has 14 atom stereocenters. The van der Waals surface area contributed by atoms with Gasteiger partial charge < -0.3 is 48.7 Å². The number of cyclic esters (lactones) is 1. The largest absolute Gasteiger partial charge is 0.459 e. The van der Waals surface area contributed by atoms with Crippen LogP contribution in [0.15, 0.2) is 17.3 Å². The molecule has 3 N–H and O–H groups in total. The molecular formula is C35H60N2O11. The lowest BCUT2D eigenvalue weighted by Crippen LogP contribution is -2.61. The van der Waals surface area contributed by atoms with Crippen molar-refractivity contribution in [2.45, 2.75) is 142 Å². The lowest BCUT2D eigenvalue weighted by atomic mass is 9.73. The van der Waals surface area contributed by atoms with E-state index in [0.29, 0.717) is 17.7 Å². The quantitative estimate of drug-likeness (QED) is 0.168. The van der Waals surface area contributed by atoms with Gasteiger partial charge in [0.1, 0.15) is 11.7 Å². The van der Waals surface area contributed by atoms with Crippen molar-refractivity contribution in [2.75, 3.05) is 27.3 Å². The SMILES string of the molecule is C=C1CO[C@@H]2[C@@H](C)/C(=N/O)[C@H](C)C[C@@](C)(OC1)[C@H](O[C@@H]1O[C@H](C)C[C@H](N(C)C)[C@H]1OC(C)=O)[C@@H](C)[C@H](O)[C@@H](C)C(=O)O[C@H](CC)[C@@]2(C)O. The average Bonchev–Trinajstić information content (AvgIpc) is 3.01. The monoisotopic (exact) mass is 684 g/mol. The number of carbonyl (C=O) groups excluding carboxylic acids is 2. The van der Waals surface area contributed by atoms with Gasteiger partial charge in [0.2, 0.25) is 0 Å². The standard InChI is InChI=1S/C35H60N2O11/c1-13-26-35(10,41)31-21(5)27(36-42)19(3)15-34(9,44-17-18(2)16-43-31)30(22(6)28(39)23(7)32(40)47-26)48-33-29(46-24(8)38)25(37(11)12)14-20(4)45-33/h19-23,25-26,28-31,33,39,41-42H,2,13-17H2,1,3-12H3/b36-27+/t19-,20-,21+,22+,23-,25+,26-,28+,29-,30-,31-,33+,34-,35-/m1/s1. The van der Waals surface area contributed by atoms with Gasteiger partial charge in [0.15, 0.2) is 12.4 Å². The first-order valence-corrected chi connectivity index (χ1v) is 17.2. The summed E-state index contributed by atoms with van der Waals surface area (Å²) < 4.78 is 37.9. The van der Waals surface area contributed by atoms with Crippen LogP contribution in [0.5, 0.6) is 0 Å². The third kappa shape index (κ3) is 8.77. The van der Waals surface area contributed by atoms with Gasteiger partial charge in [0, 0.05) is 24.7 Å². The second-order valence-corrected chi connectivity index (χ2v) is 14.9. The maximum absolute atomic E-state index is 13.7. The Morgan fingerprint density at radius 1 is 1.12 bits per heavy atom. The van der Waals surface area contributed by atoms with E-state index in [4.69, 9.17) is 28.4 Å². The van der Waals surface area contributed by atoms with Gasteiger partial charge in [-0.3, -0.25) is 9.59 Å². The molecule has 13 heteroatoms. The molecule has 13 nitrogen and oxygen atoms in total. The van der Waals surface area contributed by atoms with Gasteiger partial charge in [-0.05, 0) is 66.6 Å². The Morgan fingerprint density at radius 3 is 2.33 bits per heavy atom. The Labute approximate surface area is 285 Å². The van der Waals surface area contributed by atoms with Crippen LogP contribution in [0.3, 0.4) is 0 Å². The first-order valence-electron chi connectivity index (χ1n) is 17.2. The summed E-state index contributed by atoms with van der Waals surface area (Å²) in [6.45, 7) is 19.7. The molecule has 3 aliphatic rings. The molecule has 0 unspecified atom stereocenters. The number of aliphatic hydroxyl groups is 2. The van der Waals surface area contributed by atoms with Crippen LogP contribution in [0.4, 0.5) is 0 Å². The van der Waals surface area contributed by atoms with Crippen molar-refractivity contribution >= 4 is 17.7 Å². The predicted molar refractivity (Wildman–Crippen MR) is 177 cm³/mol. The van der Waals surface area contributed by atoms with E-state index in [0.717, 1.165) is 0 Å². The minimum Gasteiger partial charge on any atom is -0.459 e. The van der Waals surface area contributed by atoms with Gasteiger partial charge >= 0.3 is 11.9 Å². The smallest absolute Gasteiger partial charge is 0.311 e. The molecule has 0 aromatic heterocycles.